The molecule has 0 saturated carbocycles. The number of nitrogens with one attached hydrogen (secondary N) is 1. The van der Waals surface area contributed by atoms with Gasteiger partial charge in [0.15, 0.2) is 0 Å². The molecular formula is C20H31FN4O3. The van der Waals surface area contributed by atoms with Crippen LogP contribution < -0.4 is 11.3 Å². The van der Waals surface area contributed by atoms with Gasteiger partial charge in [-0.1, -0.05) is 25.2 Å². The quantitative estimate of drug-likeness (QED) is 0.317. The molecule has 1 aromatic rings. The van der Waals surface area contributed by atoms with Crippen molar-refractivity contribution >= 4 is 6.29 Å². The van der Waals surface area contributed by atoms with Crippen molar-refractivity contribution in [3.05, 3.63) is 64.6 Å². The van der Waals surface area contributed by atoms with Gasteiger partial charge in [0.1, 0.15) is 17.8 Å². The molecule has 1 atom stereocenters. The van der Waals surface area contributed by atoms with Gasteiger partial charge in [0.05, 0.1) is 5.60 Å². The first-order chi connectivity index (χ1) is 13.3. The standard InChI is InChI=1S/C12H22N4O2.C8H9FO/c1-3-16(7-4-12(2,18)9-13)8-10-11(17)15-6-5-14-10;1-2-3-4-5-8(9)6-7-10/h5-6,18H,3-4,7-9,13H2,1-2H3,(H,15,17);2-7H,1H3/b;3-2-,5-4-,8-6-. The van der Waals surface area contributed by atoms with Crippen molar-refractivity contribution in [3.63, 3.8) is 0 Å². The Morgan fingerprint density at radius 3 is 2.71 bits per heavy atom. The van der Waals surface area contributed by atoms with Crippen LogP contribution >= 0.6 is 0 Å². The number of hydrogen-bond acceptors (Lipinski definition) is 6. The van der Waals surface area contributed by atoms with Crippen LogP contribution in [0.15, 0.2) is 53.4 Å². The average molecular weight is 394 g/mol. The molecule has 0 bridgehead atoms. The van der Waals surface area contributed by atoms with Gasteiger partial charge < -0.3 is 15.8 Å². The highest BCUT2D eigenvalue weighted by Gasteiger charge is 2.19. The Morgan fingerprint density at radius 2 is 2.18 bits per heavy atom. The third-order valence-corrected chi connectivity index (χ3v) is 3.79. The van der Waals surface area contributed by atoms with Crippen molar-refractivity contribution in [2.45, 2.75) is 39.3 Å². The molecule has 28 heavy (non-hydrogen) atoms. The van der Waals surface area contributed by atoms with Crippen molar-refractivity contribution in [2.24, 2.45) is 5.73 Å². The summed E-state index contributed by atoms with van der Waals surface area (Å²) < 4.78 is 12.2. The van der Waals surface area contributed by atoms with Gasteiger partial charge in [0, 0.05) is 38.1 Å². The van der Waals surface area contributed by atoms with E-state index in [9.17, 15) is 19.1 Å². The van der Waals surface area contributed by atoms with Crippen LogP contribution in [-0.4, -0.2) is 51.5 Å². The van der Waals surface area contributed by atoms with E-state index >= 15 is 0 Å². The number of nitrogens with two attached hydrogens (primary N) is 1. The number of carbonyl (C=O) groups is 1. The second-order valence-electron chi connectivity index (χ2n) is 6.26. The molecule has 8 heteroatoms. The van der Waals surface area contributed by atoms with Crippen LogP contribution in [0.25, 0.3) is 0 Å². The first-order valence-corrected chi connectivity index (χ1v) is 9.07. The summed E-state index contributed by atoms with van der Waals surface area (Å²) in [4.78, 5) is 29.9. The fraction of sp³-hybridized carbons (Fsp3) is 0.450. The molecule has 1 unspecified atom stereocenters. The van der Waals surface area contributed by atoms with Gasteiger partial charge in [-0.25, -0.2) is 4.39 Å². The molecule has 0 fully saturated rings. The highest BCUT2D eigenvalue weighted by molar-refractivity contribution is 5.66. The van der Waals surface area contributed by atoms with Gasteiger partial charge in [-0.2, -0.15) is 0 Å². The Morgan fingerprint density at radius 1 is 1.46 bits per heavy atom. The van der Waals surface area contributed by atoms with Crippen LogP contribution in [0.1, 0.15) is 32.9 Å². The van der Waals surface area contributed by atoms with E-state index in [1.807, 2.05) is 13.8 Å². The predicted octanol–water partition coefficient (Wildman–Crippen LogP) is 1.86. The molecule has 0 aliphatic carbocycles. The van der Waals surface area contributed by atoms with Gasteiger partial charge in [-0.05, 0) is 32.9 Å². The number of allylic oxidation sites excluding steroid dienone is 6. The molecule has 0 radical (unpaired) electrons. The molecule has 4 N–H and O–H groups in total. The third kappa shape index (κ3) is 12.1. The Balaban J connectivity index is 0.000000621. The van der Waals surface area contributed by atoms with E-state index in [2.05, 4.69) is 14.9 Å². The fourth-order valence-electron chi connectivity index (χ4n) is 1.94. The summed E-state index contributed by atoms with van der Waals surface area (Å²) in [5.74, 6) is -0.534. The van der Waals surface area contributed by atoms with Gasteiger partial charge in [0.25, 0.3) is 5.56 Å². The number of H-pyrrole nitrogens is 1. The first-order valence-electron chi connectivity index (χ1n) is 9.07. The van der Waals surface area contributed by atoms with E-state index in [0.29, 0.717) is 31.5 Å². The zero-order valence-corrected chi connectivity index (χ0v) is 16.8. The van der Waals surface area contributed by atoms with Crippen molar-refractivity contribution in [1.29, 1.82) is 0 Å². The lowest BCUT2D eigenvalue weighted by molar-refractivity contribution is -0.104. The van der Waals surface area contributed by atoms with E-state index in [4.69, 9.17) is 5.73 Å². The van der Waals surface area contributed by atoms with E-state index in [-0.39, 0.29) is 12.1 Å². The largest absolute Gasteiger partial charge is 0.389 e. The number of aromatic amines is 1. The lowest BCUT2D eigenvalue weighted by Gasteiger charge is -2.26. The van der Waals surface area contributed by atoms with E-state index in [1.165, 1.54) is 18.3 Å². The second-order valence-corrected chi connectivity index (χ2v) is 6.26. The molecule has 156 valence electrons. The summed E-state index contributed by atoms with van der Waals surface area (Å²) >= 11 is 0. The fourth-order valence-corrected chi connectivity index (χ4v) is 1.94. The Labute approximate surface area is 165 Å². The zero-order valence-electron chi connectivity index (χ0n) is 16.8. The number of hydrogen-bond donors (Lipinski definition) is 3. The third-order valence-electron chi connectivity index (χ3n) is 3.79. The van der Waals surface area contributed by atoms with Crippen LogP contribution in [0.2, 0.25) is 0 Å². The van der Waals surface area contributed by atoms with Gasteiger partial charge in [-0.3, -0.25) is 19.5 Å². The van der Waals surface area contributed by atoms with Crippen LogP contribution in [0, 0.1) is 0 Å². The van der Waals surface area contributed by atoms with Crippen molar-refractivity contribution in [2.75, 3.05) is 19.6 Å². The number of aldehydes is 1. The molecule has 1 rings (SSSR count). The van der Waals surface area contributed by atoms with Crippen LogP contribution in [-0.2, 0) is 11.3 Å². The Hall–Kier alpha value is -2.42. The number of aromatic nitrogens is 2. The maximum Gasteiger partial charge on any atom is 0.270 e. The molecule has 0 aromatic carbocycles. The van der Waals surface area contributed by atoms with Gasteiger partial charge in [0.2, 0.25) is 0 Å². The minimum absolute atomic E-state index is 0.165. The summed E-state index contributed by atoms with van der Waals surface area (Å²) in [5, 5.41) is 9.85. The molecule has 0 aliphatic heterocycles. The summed E-state index contributed by atoms with van der Waals surface area (Å²) in [6.07, 6.45) is 11.1. The molecule has 0 saturated heterocycles. The number of nitrogens with zero attached hydrogens (tertiary/aromatic N) is 2. The summed E-state index contributed by atoms with van der Waals surface area (Å²) in [5.41, 5.74) is 4.94. The van der Waals surface area contributed by atoms with Gasteiger partial charge >= 0.3 is 0 Å². The summed E-state index contributed by atoms with van der Waals surface area (Å²) in [7, 11) is 0. The minimum atomic E-state index is -0.857. The lowest BCUT2D eigenvalue weighted by atomic mass is 10.0. The Kier molecular flexibility index (Phi) is 13.4. The average Bonchev–Trinajstić information content (AvgIpc) is 2.67. The first kappa shape index (κ1) is 25.6. The molecular weight excluding hydrogens is 363 g/mol. The highest BCUT2D eigenvalue weighted by atomic mass is 19.1. The normalized spacial score (nSPS) is 14.2. The lowest BCUT2D eigenvalue weighted by Crippen LogP contribution is -2.39. The number of carbonyl (C=O) groups excluding carboxylic acids is 1. The molecule has 0 aliphatic rings. The van der Waals surface area contributed by atoms with E-state index in [1.54, 1.807) is 25.3 Å². The number of halogens is 1. The maximum absolute atomic E-state index is 12.2. The molecule has 0 amide bonds. The predicted molar refractivity (Wildman–Crippen MR) is 109 cm³/mol. The van der Waals surface area contributed by atoms with Crippen LogP contribution in [0.4, 0.5) is 4.39 Å². The molecule has 1 heterocycles. The second kappa shape index (κ2) is 14.6. The smallest absolute Gasteiger partial charge is 0.270 e. The van der Waals surface area contributed by atoms with Crippen molar-refractivity contribution in [3.8, 4) is 0 Å². The van der Waals surface area contributed by atoms with Crippen molar-refractivity contribution < 1.29 is 14.3 Å². The van der Waals surface area contributed by atoms with Gasteiger partial charge in [-0.15, -0.1) is 0 Å². The number of rotatable bonds is 10. The number of aliphatic hydroxyl groups is 1. The maximum atomic E-state index is 12.2. The van der Waals surface area contributed by atoms with E-state index in [0.717, 1.165) is 12.6 Å². The minimum Gasteiger partial charge on any atom is -0.389 e. The molecule has 1 aromatic heterocycles. The monoisotopic (exact) mass is 394 g/mol. The highest BCUT2D eigenvalue weighted by Crippen LogP contribution is 2.09. The zero-order chi connectivity index (χ0) is 21.4. The van der Waals surface area contributed by atoms with Crippen LogP contribution in [0.5, 0.6) is 0 Å². The van der Waals surface area contributed by atoms with Crippen molar-refractivity contribution in [1.82, 2.24) is 14.9 Å². The molecule has 0 spiro atoms. The van der Waals surface area contributed by atoms with Crippen LogP contribution in [0.3, 0.4) is 0 Å². The molecule has 7 nitrogen and oxygen atoms in total. The summed E-state index contributed by atoms with van der Waals surface area (Å²) in [6, 6.07) is 0. The Bertz CT molecular complexity index is 711. The summed E-state index contributed by atoms with van der Waals surface area (Å²) in [6.45, 7) is 7.73. The van der Waals surface area contributed by atoms with E-state index < -0.39 is 11.4 Å². The SMILES string of the molecule is CCN(CCC(C)(O)CN)Cc1ncc[nH]c1=O.C\C=C/C=C\C(F)=C\C=O. The topological polar surface area (TPSA) is 112 Å².